The Hall–Kier alpha value is -2.22. The van der Waals surface area contributed by atoms with E-state index in [0.29, 0.717) is 0 Å². The molecule has 3 rings (SSSR count). The van der Waals surface area contributed by atoms with Crippen LogP contribution in [0.2, 0.25) is 0 Å². The average Bonchev–Trinajstić information content (AvgIpc) is 2.39. The molecule has 0 N–H and O–H groups in total. The Labute approximate surface area is 93.6 Å². The summed E-state index contributed by atoms with van der Waals surface area (Å²) in [5.74, 6) is 0. The number of aromatic nitrogens is 2. The fourth-order valence-electron chi connectivity index (χ4n) is 1.64. The fraction of sp³-hybridized carbons (Fsp3) is 0. The van der Waals surface area contributed by atoms with E-state index in [2.05, 4.69) is 16.2 Å². The monoisotopic (exact) mass is 205 g/mol. The SMILES string of the molecule is [c]1nc2ccccc2nc1-c1ccccc1. The van der Waals surface area contributed by atoms with Gasteiger partial charge < -0.3 is 0 Å². The first-order chi connectivity index (χ1) is 7.93. The van der Waals surface area contributed by atoms with Gasteiger partial charge in [0.15, 0.2) is 0 Å². The van der Waals surface area contributed by atoms with Gasteiger partial charge in [0.1, 0.15) is 6.20 Å². The van der Waals surface area contributed by atoms with Crippen molar-refractivity contribution >= 4 is 11.0 Å². The molecule has 0 aliphatic heterocycles. The van der Waals surface area contributed by atoms with E-state index in [4.69, 9.17) is 0 Å². The zero-order chi connectivity index (χ0) is 10.8. The van der Waals surface area contributed by atoms with Gasteiger partial charge in [-0.25, -0.2) is 9.97 Å². The summed E-state index contributed by atoms with van der Waals surface area (Å²) in [4.78, 5) is 8.80. The third-order valence-electron chi connectivity index (χ3n) is 2.44. The Morgan fingerprint density at radius 1 is 0.750 bits per heavy atom. The van der Waals surface area contributed by atoms with Crippen LogP contribution in [-0.2, 0) is 0 Å². The Morgan fingerprint density at radius 2 is 1.44 bits per heavy atom. The number of hydrogen-bond acceptors (Lipinski definition) is 2. The van der Waals surface area contributed by atoms with Crippen molar-refractivity contribution in [3.8, 4) is 11.3 Å². The highest BCUT2D eigenvalue weighted by Gasteiger charge is 2.01. The van der Waals surface area contributed by atoms with Gasteiger partial charge >= 0.3 is 0 Å². The fourth-order valence-corrected chi connectivity index (χ4v) is 1.64. The third-order valence-corrected chi connectivity index (χ3v) is 2.44. The minimum atomic E-state index is 0.791. The van der Waals surface area contributed by atoms with Gasteiger partial charge in [0, 0.05) is 5.56 Å². The molecule has 2 heteroatoms. The van der Waals surface area contributed by atoms with Gasteiger partial charge in [-0.15, -0.1) is 0 Å². The maximum absolute atomic E-state index is 4.53. The van der Waals surface area contributed by atoms with Gasteiger partial charge in [-0.2, -0.15) is 0 Å². The summed E-state index contributed by atoms with van der Waals surface area (Å²) >= 11 is 0. The molecule has 75 valence electrons. The standard InChI is InChI=1S/C14H9N2/c1-2-6-11(7-3-1)14-10-15-12-8-4-5-9-13(12)16-14/h1-9H. The van der Waals surface area contributed by atoms with E-state index in [-0.39, 0.29) is 0 Å². The summed E-state index contributed by atoms with van der Waals surface area (Å²) in [7, 11) is 0. The Kier molecular flexibility index (Phi) is 2.11. The van der Waals surface area contributed by atoms with Crippen molar-refractivity contribution in [2.24, 2.45) is 0 Å². The van der Waals surface area contributed by atoms with E-state index in [0.717, 1.165) is 22.3 Å². The second-order valence-electron chi connectivity index (χ2n) is 3.54. The molecule has 1 aromatic heterocycles. The van der Waals surface area contributed by atoms with Crippen LogP contribution >= 0.6 is 0 Å². The summed E-state index contributed by atoms with van der Waals surface area (Å²) in [5.41, 5.74) is 3.61. The van der Waals surface area contributed by atoms with Crippen molar-refractivity contribution in [3.63, 3.8) is 0 Å². The lowest BCUT2D eigenvalue weighted by Gasteiger charge is -2.00. The largest absolute Gasteiger partial charge is 0.244 e. The highest BCUT2D eigenvalue weighted by atomic mass is 14.8. The van der Waals surface area contributed by atoms with Gasteiger partial charge in [0.05, 0.1) is 16.7 Å². The van der Waals surface area contributed by atoms with Crippen molar-refractivity contribution in [1.29, 1.82) is 0 Å². The lowest BCUT2D eigenvalue weighted by atomic mass is 10.1. The zero-order valence-corrected chi connectivity index (χ0v) is 8.59. The molecular formula is C14H9N2. The molecule has 0 aliphatic carbocycles. The quantitative estimate of drug-likeness (QED) is 0.610. The molecule has 16 heavy (non-hydrogen) atoms. The maximum Gasteiger partial charge on any atom is 0.118 e. The smallest absolute Gasteiger partial charge is 0.118 e. The molecule has 0 unspecified atom stereocenters. The van der Waals surface area contributed by atoms with E-state index in [1.807, 2.05) is 54.6 Å². The summed E-state index contributed by atoms with van der Waals surface area (Å²) in [6, 6.07) is 17.8. The molecule has 2 nitrogen and oxygen atoms in total. The lowest BCUT2D eigenvalue weighted by molar-refractivity contribution is 1.28. The minimum absolute atomic E-state index is 0.791. The van der Waals surface area contributed by atoms with Crippen LogP contribution in [0.3, 0.4) is 0 Å². The van der Waals surface area contributed by atoms with Gasteiger partial charge in [0.2, 0.25) is 0 Å². The molecular weight excluding hydrogens is 196 g/mol. The first-order valence-corrected chi connectivity index (χ1v) is 5.13. The third kappa shape index (κ3) is 1.54. The maximum atomic E-state index is 4.53. The van der Waals surface area contributed by atoms with Crippen LogP contribution in [0.1, 0.15) is 0 Å². The van der Waals surface area contributed by atoms with Crippen molar-refractivity contribution < 1.29 is 0 Å². The first-order valence-electron chi connectivity index (χ1n) is 5.13. The molecule has 0 spiro atoms. The van der Waals surface area contributed by atoms with Crippen LogP contribution in [0.5, 0.6) is 0 Å². The normalized spacial score (nSPS) is 10.5. The van der Waals surface area contributed by atoms with Crippen molar-refractivity contribution in [1.82, 2.24) is 9.97 Å². The van der Waals surface area contributed by atoms with Crippen molar-refractivity contribution in [2.75, 3.05) is 0 Å². The van der Waals surface area contributed by atoms with Crippen molar-refractivity contribution in [2.45, 2.75) is 0 Å². The number of para-hydroxylation sites is 2. The van der Waals surface area contributed by atoms with Crippen LogP contribution < -0.4 is 0 Å². The molecule has 0 fully saturated rings. The molecule has 0 atom stereocenters. The van der Waals surface area contributed by atoms with Gasteiger partial charge in [0.25, 0.3) is 0 Å². The number of fused-ring (bicyclic) bond motifs is 1. The van der Waals surface area contributed by atoms with Gasteiger partial charge in [-0.1, -0.05) is 42.5 Å². The molecule has 0 saturated heterocycles. The Bertz CT molecular complexity index is 618. The predicted molar refractivity (Wildman–Crippen MR) is 63.8 cm³/mol. The number of nitrogens with zero attached hydrogens (tertiary/aromatic N) is 2. The second-order valence-corrected chi connectivity index (χ2v) is 3.54. The molecule has 0 amide bonds. The summed E-state index contributed by atoms with van der Waals surface area (Å²) in [6.45, 7) is 0. The van der Waals surface area contributed by atoms with Crippen LogP contribution in [0.25, 0.3) is 22.3 Å². The van der Waals surface area contributed by atoms with E-state index in [1.54, 1.807) is 0 Å². The molecule has 0 aliphatic rings. The minimum Gasteiger partial charge on any atom is -0.244 e. The van der Waals surface area contributed by atoms with E-state index >= 15 is 0 Å². The van der Waals surface area contributed by atoms with Crippen LogP contribution in [0, 0.1) is 6.20 Å². The van der Waals surface area contributed by atoms with Crippen molar-refractivity contribution in [3.05, 3.63) is 60.8 Å². The molecule has 2 aromatic carbocycles. The van der Waals surface area contributed by atoms with E-state index in [9.17, 15) is 0 Å². The summed E-state index contributed by atoms with van der Waals surface area (Å²) in [6.07, 6.45) is 2.97. The molecule has 0 bridgehead atoms. The van der Waals surface area contributed by atoms with Gasteiger partial charge in [-0.3, -0.25) is 0 Å². The van der Waals surface area contributed by atoms with Gasteiger partial charge in [-0.05, 0) is 12.1 Å². The van der Waals surface area contributed by atoms with E-state index < -0.39 is 0 Å². The average molecular weight is 205 g/mol. The summed E-state index contributed by atoms with van der Waals surface area (Å²) in [5, 5.41) is 0. The molecule has 1 heterocycles. The number of benzene rings is 2. The van der Waals surface area contributed by atoms with Crippen LogP contribution in [0.4, 0.5) is 0 Å². The molecule has 1 radical (unpaired) electrons. The number of hydrogen-bond donors (Lipinski definition) is 0. The summed E-state index contributed by atoms with van der Waals surface area (Å²) < 4.78 is 0. The topological polar surface area (TPSA) is 25.8 Å². The van der Waals surface area contributed by atoms with Crippen LogP contribution in [0.15, 0.2) is 54.6 Å². The Balaban J connectivity index is 2.19. The molecule has 3 aromatic rings. The highest BCUT2D eigenvalue weighted by Crippen LogP contribution is 2.17. The lowest BCUT2D eigenvalue weighted by Crippen LogP contribution is -1.88. The van der Waals surface area contributed by atoms with Crippen LogP contribution in [-0.4, -0.2) is 9.97 Å². The predicted octanol–water partition coefficient (Wildman–Crippen LogP) is 3.10. The second kappa shape index (κ2) is 3.74. The Morgan fingerprint density at radius 3 is 2.25 bits per heavy atom. The highest BCUT2D eigenvalue weighted by molar-refractivity contribution is 5.76. The zero-order valence-electron chi connectivity index (χ0n) is 8.59. The first kappa shape index (κ1) is 9.04. The van der Waals surface area contributed by atoms with E-state index in [1.165, 1.54) is 0 Å². The molecule has 0 saturated carbocycles. The number of rotatable bonds is 1.